The van der Waals surface area contributed by atoms with Crippen molar-refractivity contribution in [3.05, 3.63) is 24.0 Å². The van der Waals surface area contributed by atoms with E-state index in [1.54, 1.807) is 6.92 Å². The summed E-state index contributed by atoms with van der Waals surface area (Å²) in [5, 5.41) is 13.9. The number of nitrogens with zero attached hydrogens (tertiary/aromatic N) is 1. The Morgan fingerprint density at radius 3 is 2.94 bits per heavy atom. The van der Waals surface area contributed by atoms with Crippen LogP contribution in [0, 0.1) is 12.3 Å². The predicted octanol–water partition coefficient (Wildman–Crippen LogP) is 1.31. The number of carboxylic acids is 1. The molecule has 1 heterocycles. The molecule has 0 fully saturated rings. The fourth-order valence-corrected chi connectivity index (χ4v) is 1.29. The quantitative estimate of drug-likeness (QED) is 0.699. The molecule has 94 valence electrons. The lowest BCUT2D eigenvalue weighted by molar-refractivity contribution is 0.0692. The van der Waals surface area contributed by atoms with Crippen molar-refractivity contribution in [1.29, 1.82) is 0 Å². The minimum absolute atomic E-state index is 0.135. The number of nitrogens with one attached hydrogen (secondary N) is 2. The lowest BCUT2D eigenvalue weighted by Gasteiger charge is -2.12. The van der Waals surface area contributed by atoms with Crippen LogP contribution in [-0.2, 0) is 0 Å². The molecule has 3 N–H and O–H groups in total. The first kappa shape index (κ1) is 13.5. The number of amides is 2. The first-order valence-corrected chi connectivity index (χ1v) is 5.24. The van der Waals surface area contributed by atoms with Crippen molar-refractivity contribution in [3.63, 3.8) is 0 Å². The largest absolute Gasteiger partial charge is 0.476 e. The monoisotopic (exact) mass is 247 g/mol. The number of carboxylic acid groups (broad SMARTS) is 1. The molecule has 6 heteroatoms. The van der Waals surface area contributed by atoms with Crippen molar-refractivity contribution >= 4 is 17.7 Å². The minimum atomic E-state index is -1.21. The summed E-state index contributed by atoms with van der Waals surface area (Å²) in [7, 11) is 0. The van der Waals surface area contributed by atoms with Crippen LogP contribution in [0.25, 0.3) is 0 Å². The van der Waals surface area contributed by atoms with Gasteiger partial charge in [-0.15, -0.1) is 12.3 Å². The summed E-state index contributed by atoms with van der Waals surface area (Å²) in [4.78, 5) is 26.1. The van der Waals surface area contributed by atoms with Gasteiger partial charge in [-0.1, -0.05) is 0 Å². The summed E-state index contributed by atoms with van der Waals surface area (Å²) in [6.07, 6.45) is 6.85. The van der Waals surface area contributed by atoms with Crippen molar-refractivity contribution in [2.24, 2.45) is 0 Å². The number of aromatic carboxylic acids is 1. The lowest BCUT2D eigenvalue weighted by atomic mass is 10.2. The molecular weight excluding hydrogens is 234 g/mol. The molecule has 0 saturated heterocycles. The molecular formula is C12H13N3O3. The van der Waals surface area contributed by atoms with Crippen LogP contribution in [0.3, 0.4) is 0 Å². The number of carbonyl (C=O) groups is 2. The number of anilines is 1. The van der Waals surface area contributed by atoms with Gasteiger partial charge in [0.2, 0.25) is 0 Å². The Labute approximate surface area is 104 Å². The Hall–Kier alpha value is -2.55. The number of carbonyl (C=O) groups excluding carboxylic acids is 1. The second-order valence-corrected chi connectivity index (χ2v) is 3.61. The summed E-state index contributed by atoms with van der Waals surface area (Å²) < 4.78 is 0. The van der Waals surface area contributed by atoms with Crippen LogP contribution in [0.2, 0.25) is 0 Å². The molecule has 1 unspecified atom stereocenters. The van der Waals surface area contributed by atoms with Crippen LogP contribution in [0.1, 0.15) is 23.8 Å². The van der Waals surface area contributed by atoms with Gasteiger partial charge in [-0.25, -0.2) is 14.6 Å². The van der Waals surface area contributed by atoms with Gasteiger partial charge in [-0.2, -0.15) is 0 Å². The number of aromatic nitrogens is 1. The first-order chi connectivity index (χ1) is 8.54. The van der Waals surface area contributed by atoms with Crippen molar-refractivity contribution in [2.75, 3.05) is 5.32 Å². The van der Waals surface area contributed by atoms with Crippen LogP contribution in [-0.4, -0.2) is 28.1 Å². The highest BCUT2D eigenvalue weighted by atomic mass is 16.4. The molecule has 6 nitrogen and oxygen atoms in total. The van der Waals surface area contributed by atoms with E-state index in [0.717, 1.165) is 0 Å². The Bertz CT molecular complexity index is 494. The number of rotatable bonds is 4. The van der Waals surface area contributed by atoms with Gasteiger partial charge in [0.15, 0.2) is 5.69 Å². The number of terminal acetylenes is 1. The van der Waals surface area contributed by atoms with E-state index in [4.69, 9.17) is 11.5 Å². The molecule has 1 aromatic heterocycles. The summed E-state index contributed by atoms with van der Waals surface area (Å²) in [5.74, 6) is 1.21. The maximum atomic E-state index is 11.6. The maximum absolute atomic E-state index is 11.6. The SMILES string of the molecule is C#CCC(C)NC(=O)Nc1cccnc1C(=O)O. The fourth-order valence-electron chi connectivity index (χ4n) is 1.29. The third kappa shape index (κ3) is 3.79. The highest BCUT2D eigenvalue weighted by molar-refractivity contribution is 5.98. The molecule has 0 aliphatic heterocycles. The van der Waals surface area contributed by atoms with Gasteiger partial charge in [0.25, 0.3) is 0 Å². The second-order valence-electron chi connectivity index (χ2n) is 3.61. The van der Waals surface area contributed by atoms with E-state index in [9.17, 15) is 9.59 Å². The van der Waals surface area contributed by atoms with Crippen molar-refractivity contribution in [2.45, 2.75) is 19.4 Å². The normalized spacial score (nSPS) is 11.1. The average molecular weight is 247 g/mol. The molecule has 1 rings (SSSR count). The highest BCUT2D eigenvalue weighted by Gasteiger charge is 2.13. The molecule has 0 radical (unpaired) electrons. The van der Waals surface area contributed by atoms with Crippen LogP contribution in [0.4, 0.5) is 10.5 Å². The third-order valence-corrected chi connectivity index (χ3v) is 2.06. The van der Waals surface area contributed by atoms with Gasteiger partial charge in [-0.3, -0.25) is 0 Å². The molecule has 2 amide bonds. The van der Waals surface area contributed by atoms with Gasteiger partial charge in [0, 0.05) is 18.7 Å². The maximum Gasteiger partial charge on any atom is 0.356 e. The van der Waals surface area contributed by atoms with Crippen molar-refractivity contribution < 1.29 is 14.7 Å². The molecule has 0 spiro atoms. The number of hydrogen-bond donors (Lipinski definition) is 3. The molecule has 0 aliphatic rings. The van der Waals surface area contributed by atoms with E-state index >= 15 is 0 Å². The lowest BCUT2D eigenvalue weighted by Crippen LogP contribution is -2.36. The van der Waals surface area contributed by atoms with Gasteiger partial charge in [0.05, 0.1) is 5.69 Å². The second kappa shape index (κ2) is 6.25. The molecule has 1 aromatic rings. The van der Waals surface area contributed by atoms with Crippen molar-refractivity contribution in [1.82, 2.24) is 10.3 Å². The molecule has 18 heavy (non-hydrogen) atoms. The number of urea groups is 1. The van der Waals surface area contributed by atoms with E-state index < -0.39 is 12.0 Å². The minimum Gasteiger partial charge on any atom is -0.476 e. The van der Waals surface area contributed by atoms with Gasteiger partial charge in [0.1, 0.15) is 0 Å². The van der Waals surface area contributed by atoms with Gasteiger partial charge < -0.3 is 15.7 Å². The van der Waals surface area contributed by atoms with Crippen molar-refractivity contribution in [3.8, 4) is 12.3 Å². The first-order valence-electron chi connectivity index (χ1n) is 5.24. The summed E-state index contributed by atoms with van der Waals surface area (Å²) in [6, 6.07) is 2.28. The molecule has 1 atom stereocenters. The Kier molecular flexibility index (Phi) is 4.69. The third-order valence-electron chi connectivity index (χ3n) is 2.06. The van der Waals surface area contributed by atoms with Crippen LogP contribution in [0.15, 0.2) is 18.3 Å². The van der Waals surface area contributed by atoms with Crippen LogP contribution < -0.4 is 10.6 Å². The van der Waals surface area contributed by atoms with E-state index in [2.05, 4.69) is 21.5 Å². The molecule has 0 aliphatic carbocycles. The van der Waals surface area contributed by atoms with Gasteiger partial charge in [-0.05, 0) is 19.1 Å². The average Bonchev–Trinajstić information content (AvgIpc) is 2.29. The fraction of sp³-hybridized carbons (Fsp3) is 0.250. The Morgan fingerprint density at radius 2 is 2.33 bits per heavy atom. The smallest absolute Gasteiger partial charge is 0.356 e. The zero-order chi connectivity index (χ0) is 13.5. The highest BCUT2D eigenvalue weighted by Crippen LogP contribution is 2.11. The molecule has 0 aromatic carbocycles. The molecule has 0 saturated carbocycles. The van der Waals surface area contributed by atoms with E-state index in [1.165, 1.54) is 18.3 Å². The number of pyridine rings is 1. The Balaban J connectivity index is 2.71. The Morgan fingerprint density at radius 1 is 1.61 bits per heavy atom. The summed E-state index contributed by atoms with van der Waals surface area (Å²) in [5.41, 5.74) is -0.0762. The summed E-state index contributed by atoms with van der Waals surface area (Å²) in [6.45, 7) is 1.75. The topological polar surface area (TPSA) is 91.3 Å². The zero-order valence-electron chi connectivity index (χ0n) is 9.80. The van der Waals surface area contributed by atoms with Crippen LogP contribution >= 0.6 is 0 Å². The standard InChI is InChI=1S/C12H13N3O3/c1-3-5-8(2)14-12(18)15-9-6-4-7-13-10(9)11(16)17/h1,4,6-8H,5H2,2H3,(H,16,17)(H2,14,15,18). The molecule has 0 bridgehead atoms. The van der Waals surface area contributed by atoms with Crippen LogP contribution in [0.5, 0.6) is 0 Å². The van der Waals surface area contributed by atoms with E-state index in [0.29, 0.717) is 6.42 Å². The predicted molar refractivity (Wildman–Crippen MR) is 66.3 cm³/mol. The van der Waals surface area contributed by atoms with E-state index in [1.807, 2.05) is 0 Å². The number of hydrogen-bond acceptors (Lipinski definition) is 3. The van der Waals surface area contributed by atoms with E-state index in [-0.39, 0.29) is 17.4 Å². The van der Waals surface area contributed by atoms with Gasteiger partial charge >= 0.3 is 12.0 Å². The summed E-state index contributed by atoms with van der Waals surface area (Å²) >= 11 is 0. The zero-order valence-corrected chi connectivity index (χ0v) is 9.80.